The molecule has 0 aliphatic heterocycles. The van der Waals surface area contributed by atoms with Gasteiger partial charge < -0.3 is 10.1 Å². The average molecular weight is 541 g/mol. The first-order valence-corrected chi connectivity index (χ1v) is 10.8. The number of hydrazine groups is 1. The lowest BCUT2D eigenvalue weighted by Gasteiger charge is -2.12. The molecule has 3 amide bonds. The Labute approximate surface area is 192 Å². The predicted octanol–water partition coefficient (Wildman–Crippen LogP) is 4.34. The number of hydrogen-bond donors (Lipinski definition) is 3. The summed E-state index contributed by atoms with van der Waals surface area (Å²) < 4.78 is 7.14. The molecule has 7 nitrogen and oxygen atoms in total. The molecular formula is C21H23Br2N3O4. The van der Waals surface area contributed by atoms with Gasteiger partial charge in [0, 0.05) is 22.1 Å². The second kappa shape index (κ2) is 11.1. The average Bonchev–Trinajstić information content (AvgIpc) is 2.65. The van der Waals surface area contributed by atoms with Crippen molar-refractivity contribution in [1.29, 1.82) is 0 Å². The minimum atomic E-state index is -0.505. The van der Waals surface area contributed by atoms with E-state index in [4.69, 9.17) is 4.74 Å². The lowest BCUT2D eigenvalue weighted by molar-refractivity contribution is -0.123. The van der Waals surface area contributed by atoms with Crippen molar-refractivity contribution in [3.8, 4) is 5.75 Å². The molecule has 0 aliphatic rings. The molecule has 9 heteroatoms. The molecule has 160 valence electrons. The first-order chi connectivity index (χ1) is 14.2. The maximum atomic E-state index is 12.2. The zero-order valence-corrected chi connectivity index (χ0v) is 20.0. The molecule has 30 heavy (non-hydrogen) atoms. The van der Waals surface area contributed by atoms with Crippen LogP contribution >= 0.6 is 31.9 Å². The molecule has 0 heterocycles. The number of aryl methyl sites for hydroxylation is 1. The Kier molecular flexibility index (Phi) is 8.86. The fourth-order valence-corrected chi connectivity index (χ4v) is 4.09. The summed E-state index contributed by atoms with van der Waals surface area (Å²) in [6, 6.07) is 10.1. The lowest BCUT2D eigenvalue weighted by Crippen LogP contribution is -2.43. The Morgan fingerprint density at radius 3 is 2.27 bits per heavy atom. The van der Waals surface area contributed by atoms with Gasteiger partial charge in [-0.25, -0.2) is 0 Å². The third-order valence-corrected chi connectivity index (χ3v) is 4.93. The molecule has 2 aromatic rings. The van der Waals surface area contributed by atoms with Crippen molar-refractivity contribution in [3.63, 3.8) is 0 Å². The van der Waals surface area contributed by atoms with Gasteiger partial charge in [0.15, 0.2) is 6.61 Å². The van der Waals surface area contributed by atoms with E-state index in [2.05, 4.69) is 48.0 Å². The first kappa shape index (κ1) is 23.9. The molecule has 0 aliphatic carbocycles. The smallest absolute Gasteiger partial charge is 0.276 e. The molecule has 0 unspecified atom stereocenters. The van der Waals surface area contributed by atoms with Gasteiger partial charge in [-0.05, 0) is 70.7 Å². The Bertz CT molecular complexity index is 907. The summed E-state index contributed by atoms with van der Waals surface area (Å²) in [6.07, 6.45) is 0.423. The van der Waals surface area contributed by atoms with Gasteiger partial charge in [0.25, 0.3) is 11.8 Å². The third kappa shape index (κ3) is 7.46. The van der Waals surface area contributed by atoms with E-state index >= 15 is 0 Å². The van der Waals surface area contributed by atoms with Gasteiger partial charge in [0.2, 0.25) is 5.91 Å². The van der Waals surface area contributed by atoms with Crippen molar-refractivity contribution in [1.82, 2.24) is 10.9 Å². The maximum absolute atomic E-state index is 12.2. The fourth-order valence-electron chi connectivity index (χ4n) is 2.53. The summed E-state index contributed by atoms with van der Waals surface area (Å²) in [7, 11) is 0. The van der Waals surface area contributed by atoms with Crippen LogP contribution in [0.4, 0.5) is 5.69 Å². The Hall–Kier alpha value is -2.39. The van der Waals surface area contributed by atoms with E-state index in [1.165, 1.54) is 0 Å². The number of halogens is 2. The van der Waals surface area contributed by atoms with Crippen LogP contribution in [0.3, 0.4) is 0 Å². The first-order valence-electron chi connectivity index (χ1n) is 9.23. The molecule has 0 fully saturated rings. The molecule has 2 rings (SSSR count). The van der Waals surface area contributed by atoms with Gasteiger partial charge in [-0.1, -0.05) is 29.8 Å². The highest BCUT2D eigenvalue weighted by Gasteiger charge is 2.12. The summed E-state index contributed by atoms with van der Waals surface area (Å²) in [4.78, 5) is 36.0. The minimum Gasteiger partial charge on any atom is -0.482 e. The van der Waals surface area contributed by atoms with Crippen LogP contribution in [0.25, 0.3) is 0 Å². The molecule has 0 atom stereocenters. The maximum Gasteiger partial charge on any atom is 0.276 e. The van der Waals surface area contributed by atoms with Crippen LogP contribution in [0.2, 0.25) is 0 Å². The second-order valence-electron chi connectivity index (χ2n) is 7.05. The Balaban J connectivity index is 1.82. The molecule has 2 aromatic carbocycles. The van der Waals surface area contributed by atoms with Gasteiger partial charge in [-0.3, -0.25) is 25.2 Å². The van der Waals surface area contributed by atoms with E-state index in [0.29, 0.717) is 27.9 Å². The van der Waals surface area contributed by atoms with Gasteiger partial charge in [0.05, 0.1) is 4.47 Å². The van der Waals surface area contributed by atoms with Crippen molar-refractivity contribution >= 4 is 55.3 Å². The largest absolute Gasteiger partial charge is 0.482 e. The summed E-state index contributed by atoms with van der Waals surface area (Å²) >= 11 is 6.77. The lowest BCUT2D eigenvalue weighted by atomic mass is 10.1. The Morgan fingerprint density at radius 2 is 1.67 bits per heavy atom. The van der Waals surface area contributed by atoms with Gasteiger partial charge in [0.1, 0.15) is 5.75 Å². The number of benzene rings is 2. The molecular weight excluding hydrogens is 518 g/mol. The number of carbonyl (C=O) groups excluding carboxylic acids is 3. The molecule has 0 saturated heterocycles. The van der Waals surface area contributed by atoms with Crippen molar-refractivity contribution < 1.29 is 19.1 Å². The fraction of sp³-hybridized carbons (Fsp3) is 0.286. The van der Waals surface area contributed by atoms with Gasteiger partial charge in [-0.15, -0.1) is 0 Å². The normalized spacial score (nSPS) is 10.5. The number of hydrogen-bond acceptors (Lipinski definition) is 4. The van der Waals surface area contributed by atoms with Crippen LogP contribution in [0.1, 0.15) is 36.2 Å². The van der Waals surface area contributed by atoms with Crippen molar-refractivity contribution in [2.75, 3.05) is 11.9 Å². The van der Waals surface area contributed by atoms with Crippen molar-refractivity contribution in [3.05, 3.63) is 56.5 Å². The van der Waals surface area contributed by atoms with E-state index in [9.17, 15) is 14.4 Å². The second-order valence-corrected chi connectivity index (χ2v) is 8.82. The molecule has 0 radical (unpaired) electrons. The van der Waals surface area contributed by atoms with Crippen LogP contribution < -0.4 is 20.9 Å². The highest BCUT2D eigenvalue weighted by Crippen LogP contribution is 2.32. The van der Waals surface area contributed by atoms with Crippen LogP contribution in [-0.2, 0) is 9.59 Å². The SMILES string of the molecule is Cc1cc(Br)cc(Br)c1OCC(=O)NNC(=O)c1ccc(NC(=O)CC(C)C)cc1. The summed E-state index contributed by atoms with van der Waals surface area (Å²) in [5.41, 5.74) is 6.44. The van der Waals surface area contributed by atoms with Crippen LogP contribution in [0.15, 0.2) is 45.3 Å². The highest BCUT2D eigenvalue weighted by atomic mass is 79.9. The summed E-state index contributed by atoms with van der Waals surface area (Å²) in [5.74, 6) is -0.257. The quantitative estimate of drug-likeness (QED) is 0.455. The standard InChI is InChI=1S/C21H23Br2N3O4/c1-12(2)8-18(27)24-16-6-4-14(5-7-16)21(29)26-25-19(28)11-30-20-13(3)9-15(22)10-17(20)23/h4-7,9-10,12H,8,11H2,1-3H3,(H,24,27)(H,25,28)(H,26,29). The summed E-state index contributed by atoms with van der Waals surface area (Å²) in [6.45, 7) is 5.53. The van der Waals surface area contributed by atoms with E-state index < -0.39 is 11.8 Å². The number of ether oxygens (including phenoxy) is 1. The molecule has 3 N–H and O–H groups in total. The number of rotatable bonds is 7. The highest BCUT2D eigenvalue weighted by molar-refractivity contribution is 9.11. The molecule has 0 bridgehead atoms. The molecule has 0 spiro atoms. The van der Waals surface area contributed by atoms with E-state index in [1.54, 1.807) is 24.3 Å². The van der Waals surface area contributed by atoms with E-state index in [0.717, 1.165) is 10.0 Å². The molecule has 0 saturated carbocycles. The topological polar surface area (TPSA) is 96.5 Å². The number of anilines is 1. The number of nitrogens with one attached hydrogen (secondary N) is 3. The van der Waals surface area contributed by atoms with E-state index in [-0.39, 0.29) is 18.4 Å². The minimum absolute atomic E-state index is 0.0814. The van der Waals surface area contributed by atoms with Crippen molar-refractivity contribution in [2.24, 2.45) is 5.92 Å². The van der Waals surface area contributed by atoms with Crippen molar-refractivity contribution in [2.45, 2.75) is 27.2 Å². The molecule has 0 aromatic heterocycles. The van der Waals surface area contributed by atoms with Gasteiger partial charge in [-0.2, -0.15) is 0 Å². The van der Waals surface area contributed by atoms with Gasteiger partial charge >= 0.3 is 0 Å². The Morgan fingerprint density at radius 1 is 1.00 bits per heavy atom. The summed E-state index contributed by atoms with van der Waals surface area (Å²) in [5, 5.41) is 2.77. The zero-order valence-electron chi connectivity index (χ0n) is 16.8. The van der Waals surface area contributed by atoms with Crippen LogP contribution in [0, 0.1) is 12.8 Å². The van der Waals surface area contributed by atoms with E-state index in [1.807, 2.05) is 32.9 Å². The predicted molar refractivity (Wildman–Crippen MR) is 122 cm³/mol. The monoisotopic (exact) mass is 539 g/mol. The third-order valence-electron chi connectivity index (χ3n) is 3.88. The zero-order chi connectivity index (χ0) is 22.3. The van der Waals surface area contributed by atoms with Crippen LogP contribution in [0.5, 0.6) is 5.75 Å². The number of carbonyl (C=O) groups is 3. The van der Waals surface area contributed by atoms with Crippen LogP contribution in [-0.4, -0.2) is 24.3 Å². The number of amides is 3.